The zero-order chi connectivity index (χ0) is 20.4. The second-order valence-electron chi connectivity index (χ2n) is 8.53. The molecular formula is C24H30ClN3O3. The van der Waals surface area contributed by atoms with E-state index in [1.165, 1.54) is 24.0 Å². The van der Waals surface area contributed by atoms with Crippen LogP contribution >= 0.6 is 12.4 Å². The van der Waals surface area contributed by atoms with E-state index in [-0.39, 0.29) is 12.4 Å². The van der Waals surface area contributed by atoms with Crippen molar-refractivity contribution in [1.82, 2.24) is 10.4 Å². The predicted molar refractivity (Wildman–Crippen MR) is 123 cm³/mol. The maximum atomic E-state index is 10.5. The van der Waals surface area contributed by atoms with Gasteiger partial charge in [0.1, 0.15) is 18.5 Å². The number of nitrogens with zero attached hydrogens (tertiary/aromatic N) is 2. The average Bonchev–Trinajstić information content (AvgIpc) is 3.42. The number of aliphatic hydroxyl groups is 1. The fourth-order valence-electron chi connectivity index (χ4n) is 4.59. The first-order valence-corrected chi connectivity index (χ1v) is 10.9. The Hall–Kier alpha value is -2.12. The number of aliphatic imine (C=N–C) groups is 1. The topological polar surface area (TPSA) is 66.3 Å². The molecule has 0 saturated carbocycles. The smallest absolute Gasteiger partial charge is 0.190 e. The highest BCUT2D eigenvalue weighted by molar-refractivity contribution is 5.99. The standard InChI is InChI=1S/C24H29N3O3.ClH/c28-21(17-29-22-10-9-18-7-4-8-20(18)15-22)16-27-13-11-24(12-14-27)25-23(26-30-24)19-5-2-1-3-6-19;/h1-3,5-6,9-10,15,21,28H,4,7-8,11-14,16-17H2,(H,25,26);1H. The Kier molecular flexibility index (Phi) is 6.82. The number of hydrogen-bond acceptors (Lipinski definition) is 6. The lowest BCUT2D eigenvalue weighted by atomic mass is 10.0. The summed E-state index contributed by atoms with van der Waals surface area (Å²) in [6.45, 7) is 2.59. The fourth-order valence-corrected chi connectivity index (χ4v) is 4.59. The van der Waals surface area contributed by atoms with Crippen LogP contribution in [0.2, 0.25) is 0 Å². The van der Waals surface area contributed by atoms with Gasteiger partial charge in [0.2, 0.25) is 0 Å². The minimum absolute atomic E-state index is 0. The summed E-state index contributed by atoms with van der Waals surface area (Å²) in [5.74, 6) is 1.66. The lowest BCUT2D eigenvalue weighted by molar-refractivity contribution is -0.0930. The molecule has 3 aliphatic rings. The van der Waals surface area contributed by atoms with Crippen LogP contribution < -0.4 is 10.2 Å². The first kappa shape index (κ1) is 22.1. The van der Waals surface area contributed by atoms with Gasteiger partial charge in [-0.05, 0) is 42.5 Å². The first-order valence-electron chi connectivity index (χ1n) is 10.9. The van der Waals surface area contributed by atoms with Crippen LogP contribution in [0.15, 0.2) is 53.5 Å². The zero-order valence-electron chi connectivity index (χ0n) is 17.6. The van der Waals surface area contributed by atoms with Gasteiger partial charge in [-0.25, -0.2) is 15.3 Å². The lowest BCUT2D eigenvalue weighted by Gasteiger charge is -2.36. The molecule has 7 heteroatoms. The molecule has 2 aliphatic heterocycles. The van der Waals surface area contributed by atoms with Gasteiger partial charge in [-0.1, -0.05) is 36.4 Å². The number of halogens is 1. The molecule has 0 amide bonds. The fraction of sp³-hybridized carbons (Fsp3) is 0.458. The van der Waals surface area contributed by atoms with Crippen LogP contribution in [0.5, 0.6) is 5.75 Å². The number of piperidine rings is 1. The number of likely N-dealkylation sites (tertiary alicyclic amines) is 1. The van der Waals surface area contributed by atoms with Gasteiger partial charge >= 0.3 is 0 Å². The Morgan fingerprint density at radius 3 is 2.68 bits per heavy atom. The van der Waals surface area contributed by atoms with Gasteiger partial charge in [-0.3, -0.25) is 0 Å². The zero-order valence-corrected chi connectivity index (χ0v) is 18.4. The number of hydrogen-bond donors (Lipinski definition) is 2. The third-order valence-electron chi connectivity index (χ3n) is 6.32. The van der Waals surface area contributed by atoms with Crippen molar-refractivity contribution in [2.75, 3.05) is 26.2 Å². The molecule has 2 heterocycles. The van der Waals surface area contributed by atoms with Crippen LogP contribution in [0.25, 0.3) is 0 Å². The predicted octanol–water partition coefficient (Wildman–Crippen LogP) is 3.11. The number of nitrogens with one attached hydrogen (secondary N) is 1. The van der Waals surface area contributed by atoms with E-state index in [4.69, 9.17) is 14.6 Å². The van der Waals surface area contributed by atoms with Crippen molar-refractivity contribution in [3.63, 3.8) is 0 Å². The molecule has 2 aromatic rings. The normalized spacial score (nSPS) is 20.5. The summed E-state index contributed by atoms with van der Waals surface area (Å²) >= 11 is 0. The third kappa shape index (κ3) is 5.04. The van der Waals surface area contributed by atoms with Gasteiger partial charge in [0.15, 0.2) is 11.6 Å². The second kappa shape index (κ2) is 9.57. The lowest BCUT2D eigenvalue weighted by Crippen LogP contribution is -2.47. The Balaban J connectivity index is 0.00000231. The van der Waals surface area contributed by atoms with Crippen molar-refractivity contribution in [2.24, 2.45) is 4.99 Å². The molecule has 0 aromatic heterocycles. The number of benzene rings is 2. The number of fused-ring (bicyclic) bond motifs is 1. The first-order chi connectivity index (χ1) is 14.7. The number of ether oxygens (including phenoxy) is 1. The van der Waals surface area contributed by atoms with Crippen molar-refractivity contribution in [3.05, 3.63) is 65.2 Å². The highest BCUT2D eigenvalue weighted by atomic mass is 35.5. The summed E-state index contributed by atoms with van der Waals surface area (Å²) in [6.07, 6.45) is 4.62. The summed E-state index contributed by atoms with van der Waals surface area (Å²) < 4.78 is 5.86. The summed E-state index contributed by atoms with van der Waals surface area (Å²) in [5, 5.41) is 10.5. The van der Waals surface area contributed by atoms with Crippen LogP contribution in [-0.2, 0) is 17.7 Å². The van der Waals surface area contributed by atoms with Crippen molar-refractivity contribution in [3.8, 4) is 5.75 Å². The third-order valence-corrected chi connectivity index (χ3v) is 6.32. The quantitative estimate of drug-likeness (QED) is 0.718. The van der Waals surface area contributed by atoms with Gasteiger partial charge in [-0.15, -0.1) is 12.4 Å². The van der Waals surface area contributed by atoms with E-state index in [2.05, 4.69) is 22.5 Å². The van der Waals surface area contributed by atoms with Crippen LogP contribution in [0, 0.1) is 0 Å². The summed E-state index contributed by atoms with van der Waals surface area (Å²) in [4.78, 5) is 13.0. The number of β-amino-alcohol motifs (C(OH)–C–C–N with tert-alkyl or cyclic N) is 1. The van der Waals surface area contributed by atoms with Crippen molar-refractivity contribution >= 4 is 18.2 Å². The maximum absolute atomic E-state index is 10.5. The van der Waals surface area contributed by atoms with Crippen LogP contribution in [0.1, 0.15) is 36.0 Å². The van der Waals surface area contributed by atoms with Gasteiger partial charge in [-0.2, -0.15) is 0 Å². The van der Waals surface area contributed by atoms with E-state index in [0.29, 0.717) is 13.2 Å². The molecule has 5 rings (SSSR count). The van der Waals surface area contributed by atoms with E-state index >= 15 is 0 Å². The summed E-state index contributed by atoms with van der Waals surface area (Å²) in [5.41, 5.74) is 6.38. The summed E-state index contributed by atoms with van der Waals surface area (Å²) in [7, 11) is 0. The number of hydroxylamine groups is 1. The molecule has 1 spiro atoms. The molecule has 2 aromatic carbocycles. The minimum Gasteiger partial charge on any atom is -0.491 e. The van der Waals surface area contributed by atoms with Crippen molar-refractivity contribution in [1.29, 1.82) is 0 Å². The molecule has 1 fully saturated rings. The molecular weight excluding hydrogens is 414 g/mol. The number of rotatable bonds is 6. The molecule has 1 unspecified atom stereocenters. The van der Waals surface area contributed by atoms with Crippen LogP contribution in [-0.4, -0.2) is 53.9 Å². The molecule has 1 aliphatic carbocycles. The van der Waals surface area contributed by atoms with E-state index in [1.807, 2.05) is 36.4 Å². The van der Waals surface area contributed by atoms with E-state index in [0.717, 1.165) is 49.5 Å². The van der Waals surface area contributed by atoms with E-state index < -0.39 is 11.8 Å². The summed E-state index contributed by atoms with van der Waals surface area (Å²) in [6, 6.07) is 16.4. The second-order valence-corrected chi connectivity index (χ2v) is 8.53. The number of aliphatic hydroxyl groups excluding tert-OH is 1. The molecule has 31 heavy (non-hydrogen) atoms. The van der Waals surface area contributed by atoms with Crippen LogP contribution in [0.4, 0.5) is 0 Å². The van der Waals surface area contributed by atoms with Crippen molar-refractivity contribution < 1.29 is 14.7 Å². The maximum Gasteiger partial charge on any atom is 0.190 e. The van der Waals surface area contributed by atoms with E-state index in [1.54, 1.807) is 0 Å². The molecule has 1 atom stereocenters. The number of aryl methyl sites for hydroxylation is 2. The minimum atomic E-state index is -0.515. The van der Waals surface area contributed by atoms with Crippen molar-refractivity contribution in [2.45, 2.75) is 43.9 Å². The molecule has 0 bridgehead atoms. The molecule has 2 N–H and O–H groups in total. The Labute approximate surface area is 189 Å². The molecule has 166 valence electrons. The van der Waals surface area contributed by atoms with Gasteiger partial charge in [0, 0.05) is 38.0 Å². The molecule has 6 nitrogen and oxygen atoms in total. The Morgan fingerprint density at radius 2 is 1.87 bits per heavy atom. The number of amidine groups is 1. The highest BCUT2D eigenvalue weighted by Crippen LogP contribution is 2.31. The van der Waals surface area contributed by atoms with E-state index in [9.17, 15) is 5.11 Å². The largest absolute Gasteiger partial charge is 0.491 e. The molecule has 0 radical (unpaired) electrons. The molecule has 1 saturated heterocycles. The average molecular weight is 444 g/mol. The Bertz CT molecular complexity index is 914. The van der Waals surface area contributed by atoms with Crippen LogP contribution in [0.3, 0.4) is 0 Å². The monoisotopic (exact) mass is 443 g/mol. The van der Waals surface area contributed by atoms with Gasteiger partial charge < -0.3 is 14.7 Å². The SMILES string of the molecule is Cl.OC(COc1ccc2c(c1)CCC2)CN1CCC2(CC1)N=C(c1ccccc1)NO2. The highest BCUT2D eigenvalue weighted by Gasteiger charge is 2.40. The van der Waals surface area contributed by atoms with Gasteiger partial charge in [0.05, 0.1) is 0 Å². The Morgan fingerprint density at radius 1 is 1.10 bits per heavy atom. The van der Waals surface area contributed by atoms with Gasteiger partial charge in [0.25, 0.3) is 0 Å².